The number of aromatic nitrogens is 3. The number of amides is 1. The van der Waals surface area contributed by atoms with Gasteiger partial charge < -0.3 is 14.5 Å². The van der Waals surface area contributed by atoms with E-state index in [1.807, 2.05) is 24.0 Å². The molecule has 1 saturated carbocycles. The number of hydrogen-bond acceptors (Lipinski definition) is 7. The number of methoxy groups -OCH3 is 1. The molecule has 1 aliphatic carbocycles. The van der Waals surface area contributed by atoms with Gasteiger partial charge in [-0.25, -0.2) is 15.0 Å². The van der Waals surface area contributed by atoms with Gasteiger partial charge >= 0.3 is 0 Å². The predicted octanol–water partition coefficient (Wildman–Crippen LogP) is 3.00. The van der Waals surface area contributed by atoms with Crippen LogP contribution in [-0.4, -0.2) is 65.2 Å². The molecule has 4 rings (SSSR count). The van der Waals surface area contributed by atoms with E-state index in [1.165, 1.54) is 6.33 Å². The first-order chi connectivity index (χ1) is 15.5. The normalized spacial score (nSPS) is 18.3. The summed E-state index contributed by atoms with van der Waals surface area (Å²) < 4.78 is 5.04. The van der Waals surface area contributed by atoms with Crippen molar-refractivity contribution in [3.05, 3.63) is 42.0 Å². The summed E-state index contributed by atoms with van der Waals surface area (Å²) >= 11 is 0. The highest BCUT2D eigenvalue weighted by atomic mass is 16.5. The van der Waals surface area contributed by atoms with Crippen molar-refractivity contribution >= 4 is 17.8 Å². The standard InChI is InChI=1S/C24H28N6O2/c1-4-19-12-21(27-15-26-19)20-11-18(13-25)24(28-23(20)17-5-6-17)29-8-9-30(16(2)14-29)22(31)7-10-32-3/h4,11-12,15-17H,1,5-10,14H2,2-3H3/t16-/m1/s1. The summed E-state index contributed by atoms with van der Waals surface area (Å²) in [6.07, 6.45) is 5.76. The fourth-order valence-electron chi connectivity index (χ4n) is 4.20. The molecular formula is C24H28N6O2. The molecule has 2 aliphatic rings. The highest BCUT2D eigenvalue weighted by Crippen LogP contribution is 2.44. The topological polar surface area (TPSA) is 95.2 Å². The van der Waals surface area contributed by atoms with Crippen molar-refractivity contribution in [2.75, 3.05) is 38.3 Å². The highest BCUT2D eigenvalue weighted by Gasteiger charge is 2.33. The van der Waals surface area contributed by atoms with Crippen molar-refractivity contribution in [2.24, 2.45) is 0 Å². The van der Waals surface area contributed by atoms with Gasteiger partial charge in [-0.3, -0.25) is 4.79 Å². The van der Waals surface area contributed by atoms with Gasteiger partial charge in [0, 0.05) is 44.3 Å². The van der Waals surface area contributed by atoms with E-state index in [1.54, 1.807) is 13.2 Å². The minimum Gasteiger partial charge on any atom is -0.384 e. The monoisotopic (exact) mass is 432 g/mol. The van der Waals surface area contributed by atoms with Crippen molar-refractivity contribution in [1.82, 2.24) is 19.9 Å². The number of hydrogen-bond donors (Lipinski definition) is 0. The quantitative estimate of drug-likeness (QED) is 0.664. The molecule has 0 unspecified atom stereocenters. The van der Waals surface area contributed by atoms with Crippen LogP contribution in [0.5, 0.6) is 0 Å². The molecule has 2 fully saturated rings. The fourth-order valence-corrected chi connectivity index (χ4v) is 4.20. The molecule has 8 nitrogen and oxygen atoms in total. The molecule has 32 heavy (non-hydrogen) atoms. The lowest BCUT2D eigenvalue weighted by Crippen LogP contribution is -2.54. The van der Waals surface area contributed by atoms with Crippen LogP contribution in [0.3, 0.4) is 0 Å². The van der Waals surface area contributed by atoms with Crippen LogP contribution in [0.15, 0.2) is 25.0 Å². The minimum absolute atomic E-state index is 0.0301. The number of nitrogens with zero attached hydrogens (tertiary/aromatic N) is 6. The molecule has 1 amide bonds. The van der Waals surface area contributed by atoms with Crippen LogP contribution in [-0.2, 0) is 9.53 Å². The van der Waals surface area contributed by atoms with Gasteiger partial charge in [0.1, 0.15) is 18.2 Å². The molecule has 0 aromatic carbocycles. The van der Waals surface area contributed by atoms with Crippen molar-refractivity contribution in [3.63, 3.8) is 0 Å². The van der Waals surface area contributed by atoms with Gasteiger partial charge in [-0.2, -0.15) is 5.26 Å². The Balaban J connectivity index is 1.64. The molecule has 166 valence electrons. The van der Waals surface area contributed by atoms with Gasteiger partial charge in [-0.15, -0.1) is 0 Å². The summed E-state index contributed by atoms with van der Waals surface area (Å²) in [4.78, 5) is 30.1. The SMILES string of the molecule is C=Cc1cc(-c2cc(C#N)c(N3CCN(C(=O)CCOC)[C@H](C)C3)nc2C2CC2)ncn1. The molecule has 1 aliphatic heterocycles. The Bertz CT molecular complexity index is 1060. The number of anilines is 1. The second-order valence-corrected chi connectivity index (χ2v) is 8.34. The zero-order valence-corrected chi connectivity index (χ0v) is 18.6. The molecule has 3 heterocycles. The number of ether oxygens (including phenoxy) is 1. The highest BCUT2D eigenvalue weighted by molar-refractivity contribution is 5.77. The van der Waals surface area contributed by atoms with Crippen LogP contribution in [0.4, 0.5) is 5.82 Å². The average Bonchev–Trinajstić information content (AvgIpc) is 3.67. The summed E-state index contributed by atoms with van der Waals surface area (Å²) in [5, 5.41) is 9.93. The Labute approximate surface area is 188 Å². The number of rotatable bonds is 7. The molecule has 0 N–H and O–H groups in total. The van der Waals surface area contributed by atoms with Crippen molar-refractivity contribution < 1.29 is 9.53 Å². The van der Waals surface area contributed by atoms with Gasteiger partial charge in [0.25, 0.3) is 0 Å². The molecular weight excluding hydrogens is 404 g/mol. The Hall–Kier alpha value is -3.31. The molecule has 2 aromatic rings. The third-order valence-corrected chi connectivity index (χ3v) is 6.06. The van der Waals surface area contributed by atoms with Crippen LogP contribution < -0.4 is 4.90 Å². The summed E-state index contributed by atoms with van der Waals surface area (Å²) in [7, 11) is 1.60. The average molecular weight is 433 g/mol. The summed E-state index contributed by atoms with van der Waals surface area (Å²) in [5.74, 6) is 1.18. The number of piperazine rings is 1. The van der Waals surface area contributed by atoms with Gasteiger partial charge in [0.2, 0.25) is 5.91 Å². The minimum atomic E-state index is 0.0301. The summed E-state index contributed by atoms with van der Waals surface area (Å²) in [6.45, 7) is 8.13. The van der Waals surface area contributed by atoms with E-state index in [9.17, 15) is 10.1 Å². The first kappa shape index (κ1) is 21.9. The molecule has 8 heteroatoms. The predicted molar refractivity (Wildman–Crippen MR) is 122 cm³/mol. The Kier molecular flexibility index (Phi) is 6.47. The first-order valence-corrected chi connectivity index (χ1v) is 11.0. The Morgan fingerprint density at radius 2 is 2.16 bits per heavy atom. The summed E-state index contributed by atoms with van der Waals surface area (Å²) in [6, 6.07) is 6.15. The second kappa shape index (κ2) is 9.45. The van der Waals surface area contributed by atoms with Gasteiger partial charge in [-0.1, -0.05) is 6.58 Å². The molecule has 0 spiro atoms. The summed E-state index contributed by atoms with van der Waals surface area (Å²) in [5.41, 5.74) is 3.89. The number of carbonyl (C=O) groups excluding carboxylic acids is 1. The lowest BCUT2D eigenvalue weighted by Gasteiger charge is -2.41. The number of pyridine rings is 1. The second-order valence-electron chi connectivity index (χ2n) is 8.34. The largest absolute Gasteiger partial charge is 0.384 e. The van der Waals surface area contributed by atoms with E-state index < -0.39 is 0 Å². The van der Waals surface area contributed by atoms with Gasteiger partial charge in [-0.05, 0) is 38.0 Å². The van der Waals surface area contributed by atoms with E-state index >= 15 is 0 Å². The van der Waals surface area contributed by atoms with Crippen molar-refractivity contribution in [3.8, 4) is 17.3 Å². The third kappa shape index (κ3) is 4.48. The Morgan fingerprint density at radius 1 is 1.34 bits per heavy atom. The fraction of sp³-hybridized carbons (Fsp3) is 0.458. The molecule has 0 bridgehead atoms. The van der Waals surface area contributed by atoms with Crippen LogP contribution in [0.2, 0.25) is 0 Å². The van der Waals surface area contributed by atoms with Crippen molar-refractivity contribution in [1.29, 1.82) is 5.26 Å². The molecule has 1 saturated heterocycles. The lowest BCUT2D eigenvalue weighted by molar-refractivity contribution is -0.134. The van der Waals surface area contributed by atoms with Crippen molar-refractivity contribution in [2.45, 2.75) is 38.1 Å². The van der Waals surface area contributed by atoms with E-state index in [0.29, 0.717) is 50.0 Å². The van der Waals surface area contributed by atoms with E-state index in [0.717, 1.165) is 35.5 Å². The maximum absolute atomic E-state index is 12.5. The van der Waals surface area contributed by atoms with Crippen LogP contribution in [0.25, 0.3) is 17.3 Å². The van der Waals surface area contributed by atoms with Gasteiger partial charge in [0.05, 0.1) is 35.7 Å². The van der Waals surface area contributed by atoms with E-state index in [4.69, 9.17) is 9.72 Å². The van der Waals surface area contributed by atoms with Crippen LogP contribution >= 0.6 is 0 Å². The first-order valence-electron chi connectivity index (χ1n) is 11.0. The zero-order chi connectivity index (χ0) is 22.7. The third-order valence-electron chi connectivity index (χ3n) is 6.06. The van der Waals surface area contributed by atoms with E-state index in [-0.39, 0.29) is 11.9 Å². The maximum atomic E-state index is 12.5. The molecule has 2 aromatic heterocycles. The maximum Gasteiger partial charge on any atom is 0.225 e. The number of carbonyl (C=O) groups is 1. The van der Waals surface area contributed by atoms with Gasteiger partial charge in [0.15, 0.2) is 0 Å². The smallest absolute Gasteiger partial charge is 0.225 e. The molecule has 0 radical (unpaired) electrons. The Morgan fingerprint density at radius 3 is 2.81 bits per heavy atom. The van der Waals surface area contributed by atoms with E-state index in [2.05, 4.69) is 27.5 Å². The number of nitriles is 1. The zero-order valence-electron chi connectivity index (χ0n) is 18.6. The molecule has 1 atom stereocenters. The lowest BCUT2D eigenvalue weighted by atomic mass is 10.0. The van der Waals surface area contributed by atoms with Crippen LogP contribution in [0, 0.1) is 11.3 Å². The van der Waals surface area contributed by atoms with Crippen LogP contribution in [0.1, 0.15) is 49.1 Å².